The molecule has 1 atom stereocenters. The molecule has 0 spiro atoms. The quantitative estimate of drug-likeness (QED) is 0.852. The molecule has 1 nitrogen and oxygen atoms in total. The van der Waals surface area contributed by atoms with Gasteiger partial charge < -0.3 is 5.32 Å². The Bertz CT molecular complexity index is 408. The number of rotatable bonds is 4. The lowest BCUT2D eigenvalue weighted by Gasteiger charge is -2.22. The lowest BCUT2D eigenvalue weighted by atomic mass is 9.95. The summed E-state index contributed by atoms with van der Waals surface area (Å²) in [5.74, 6) is -1.41. The Morgan fingerprint density at radius 3 is 2.33 bits per heavy atom. The van der Waals surface area contributed by atoms with Crippen molar-refractivity contribution in [3.63, 3.8) is 0 Å². The van der Waals surface area contributed by atoms with Crippen molar-refractivity contribution >= 4 is 0 Å². The van der Waals surface area contributed by atoms with Gasteiger partial charge in [-0.25, -0.2) is 8.78 Å². The average molecular weight is 255 g/mol. The second-order valence-corrected chi connectivity index (χ2v) is 5.97. The second kappa shape index (κ2) is 5.79. The van der Waals surface area contributed by atoms with Crippen LogP contribution in [0, 0.1) is 18.6 Å². The first kappa shape index (κ1) is 15.1. The van der Waals surface area contributed by atoms with E-state index in [9.17, 15) is 8.78 Å². The largest absolute Gasteiger partial charge is 0.312 e. The molecule has 1 N–H and O–H groups in total. The molecule has 102 valence electrons. The molecule has 0 fully saturated rings. The van der Waals surface area contributed by atoms with Crippen LogP contribution in [-0.2, 0) is 0 Å². The highest BCUT2D eigenvalue weighted by Crippen LogP contribution is 2.25. The van der Waals surface area contributed by atoms with Crippen LogP contribution in [-0.4, -0.2) is 12.1 Å². The first-order chi connectivity index (χ1) is 8.22. The minimum atomic E-state index is -0.719. The van der Waals surface area contributed by atoms with E-state index in [1.54, 1.807) is 19.1 Å². The Kier molecular flexibility index (Phi) is 4.85. The van der Waals surface area contributed by atoms with Gasteiger partial charge in [-0.3, -0.25) is 0 Å². The Morgan fingerprint density at radius 2 is 1.78 bits per heavy atom. The summed E-state index contributed by atoms with van der Waals surface area (Å²) in [4.78, 5) is 0. The van der Waals surface area contributed by atoms with Gasteiger partial charge in [0.25, 0.3) is 0 Å². The molecule has 0 heterocycles. The third-order valence-corrected chi connectivity index (χ3v) is 3.07. The van der Waals surface area contributed by atoms with Crippen molar-refractivity contribution in [3.05, 3.63) is 34.9 Å². The average Bonchev–Trinajstić information content (AvgIpc) is 2.24. The summed E-state index contributed by atoms with van der Waals surface area (Å²) in [6, 6.07) is 3.33. The highest BCUT2D eigenvalue weighted by Gasteiger charge is 2.17. The van der Waals surface area contributed by atoms with E-state index in [-0.39, 0.29) is 11.5 Å². The minimum Gasteiger partial charge on any atom is -0.312 e. The maximum absolute atomic E-state index is 13.8. The molecule has 1 rings (SSSR count). The summed E-state index contributed by atoms with van der Waals surface area (Å²) in [5, 5.41) is 3.35. The van der Waals surface area contributed by atoms with E-state index >= 15 is 0 Å². The van der Waals surface area contributed by atoms with Gasteiger partial charge in [0.15, 0.2) is 11.6 Å². The van der Waals surface area contributed by atoms with Crippen LogP contribution in [0.4, 0.5) is 8.78 Å². The summed E-state index contributed by atoms with van der Waals surface area (Å²) in [7, 11) is 0. The van der Waals surface area contributed by atoms with Crippen LogP contribution in [0.5, 0.6) is 0 Å². The predicted molar refractivity (Wildman–Crippen MR) is 71.9 cm³/mol. The summed E-state index contributed by atoms with van der Waals surface area (Å²) in [5.41, 5.74) is 0.877. The van der Waals surface area contributed by atoms with E-state index in [2.05, 4.69) is 26.1 Å². The van der Waals surface area contributed by atoms with Gasteiger partial charge in [0.1, 0.15) is 0 Å². The Labute approximate surface area is 109 Å². The first-order valence-corrected chi connectivity index (χ1v) is 6.42. The van der Waals surface area contributed by atoms with Gasteiger partial charge in [-0.1, -0.05) is 19.1 Å². The maximum Gasteiger partial charge on any atom is 0.162 e. The smallest absolute Gasteiger partial charge is 0.162 e. The molecule has 1 unspecified atom stereocenters. The minimum absolute atomic E-state index is 0.00921. The maximum atomic E-state index is 13.8. The molecule has 0 aliphatic rings. The van der Waals surface area contributed by atoms with E-state index in [0.717, 1.165) is 13.0 Å². The van der Waals surface area contributed by atoms with Crippen LogP contribution in [0.25, 0.3) is 0 Å². The van der Waals surface area contributed by atoms with Gasteiger partial charge in [-0.15, -0.1) is 0 Å². The number of aryl methyl sites for hydroxylation is 1. The van der Waals surface area contributed by atoms with Gasteiger partial charge in [-0.05, 0) is 57.7 Å². The van der Waals surface area contributed by atoms with Crippen LogP contribution in [0.15, 0.2) is 12.1 Å². The lowest BCUT2D eigenvalue weighted by molar-refractivity contribution is 0.409. The monoisotopic (exact) mass is 255 g/mol. The molecule has 0 aliphatic heterocycles. The molecular weight excluding hydrogens is 232 g/mol. The fourth-order valence-corrected chi connectivity index (χ4v) is 1.86. The van der Waals surface area contributed by atoms with Crippen molar-refractivity contribution in [2.75, 3.05) is 6.54 Å². The first-order valence-electron chi connectivity index (χ1n) is 6.42. The normalized spacial score (nSPS) is 13.7. The Balaban J connectivity index is 2.68. The number of benzene rings is 1. The SMILES string of the molecule is Cc1ccc(C(C)CCNC(C)(C)C)c(F)c1F. The van der Waals surface area contributed by atoms with Crippen molar-refractivity contribution in [1.29, 1.82) is 0 Å². The van der Waals surface area contributed by atoms with Crippen molar-refractivity contribution in [2.24, 2.45) is 0 Å². The molecule has 0 saturated carbocycles. The fourth-order valence-electron chi connectivity index (χ4n) is 1.86. The van der Waals surface area contributed by atoms with Gasteiger partial charge in [-0.2, -0.15) is 0 Å². The molecule has 1 aromatic carbocycles. The zero-order valence-corrected chi connectivity index (χ0v) is 11.9. The van der Waals surface area contributed by atoms with Crippen molar-refractivity contribution in [3.8, 4) is 0 Å². The van der Waals surface area contributed by atoms with E-state index in [1.165, 1.54) is 0 Å². The highest BCUT2D eigenvalue weighted by molar-refractivity contribution is 5.27. The predicted octanol–water partition coefficient (Wildman–Crippen LogP) is 4.15. The molecule has 0 radical (unpaired) electrons. The van der Waals surface area contributed by atoms with Crippen LogP contribution in [0.3, 0.4) is 0 Å². The van der Waals surface area contributed by atoms with Crippen LogP contribution in [0.1, 0.15) is 51.2 Å². The number of nitrogens with one attached hydrogen (secondary N) is 1. The molecular formula is C15H23F2N. The number of hydrogen-bond acceptors (Lipinski definition) is 1. The molecule has 0 amide bonds. The Morgan fingerprint density at radius 1 is 1.17 bits per heavy atom. The van der Waals surface area contributed by atoms with Crippen molar-refractivity contribution in [1.82, 2.24) is 5.32 Å². The summed E-state index contributed by atoms with van der Waals surface area (Å²) in [6.45, 7) is 10.6. The lowest BCUT2D eigenvalue weighted by Crippen LogP contribution is -2.36. The Hall–Kier alpha value is -0.960. The topological polar surface area (TPSA) is 12.0 Å². The molecule has 0 bridgehead atoms. The van der Waals surface area contributed by atoms with Gasteiger partial charge >= 0.3 is 0 Å². The van der Waals surface area contributed by atoms with E-state index in [4.69, 9.17) is 0 Å². The van der Waals surface area contributed by atoms with E-state index < -0.39 is 11.6 Å². The van der Waals surface area contributed by atoms with Crippen LogP contribution >= 0.6 is 0 Å². The van der Waals surface area contributed by atoms with Gasteiger partial charge in [0.05, 0.1) is 0 Å². The fraction of sp³-hybridized carbons (Fsp3) is 0.600. The standard InChI is InChI=1S/C15H23F2N/c1-10(8-9-18-15(3,4)5)12-7-6-11(2)13(16)14(12)17/h6-7,10,18H,8-9H2,1-5H3. The zero-order valence-electron chi connectivity index (χ0n) is 11.9. The molecule has 0 saturated heterocycles. The zero-order chi connectivity index (χ0) is 13.9. The highest BCUT2D eigenvalue weighted by atomic mass is 19.2. The summed E-state index contributed by atoms with van der Waals surface area (Å²) in [6.07, 6.45) is 0.788. The molecule has 0 aliphatic carbocycles. The molecule has 0 aromatic heterocycles. The van der Waals surface area contributed by atoms with Gasteiger partial charge in [0, 0.05) is 5.54 Å². The van der Waals surface area contributed by atoms with Crippen LogP contribution in [0.2, 0.25) is 0 Å². The van der Waals surface area contributed by atoms with E-state index in [1.807, 2.05) is 6.92 Å². The molecule has 18 heavy (non-hydrogen) atoms. The summed E-state index contributed by atoms with van der Waals surface area (Å²) >= 11 is 0. The second-order valence-electron chi connectivity index (χ2n) is 5.97. The van der Waals surface area contributed by atoms with Crippen molar-refractivity contribution < 1.29 is 8.78 Å². The third kappa shape index (κ3) is 4.05. The van der Waals surface area contributed by atoms with E-state index in [0.29, 0.717) is 11.1 Å². The van der Waals surface area contributed by atoms with Crippen LogP contribution < -0.4 is 5.32 Å². The molecule has 1 aromatic rings. The third-order valence-electron chi connectivity index (χ3n) is 3.07. The number of hydrogen-bond donors (Lipinski definition) is 1. The molecule has 3 heteroatoms. The van der Waals surface area contributed by atoms with Crippen molar-refractivity contribution in [2.45, 2.75) is 52.5 Å². The number of halogens is 2. The summed E-state index contributed by atoms with van der Waals surface area (Å²) < 4.78 is 27.3. The van der Waals surface area contributed by atoms with Gasteiger partial charge in [0.2, 0.25) is 0 Å².